The van der Waals surface area contributed by atoms with Gasteiger partial charge in [-0.1, -0.05) is 26.0 Å². The van der Waals surface area contributed by atoms with Crippen LogP contribution in [0.1, 0.15) is 31.2 Å². The minimum Gasteiger partial charge on any atom is -0.319 e. The number of nitrogens with one attached hydrogen (secondary N) is 1. The van der Waals surface area contributed by atoms with Crippen molar-refractivity contribution in [3.8, 4) is 5.69 Å². The standard InChI is InChI=1S/C13H19N5/c1-10(2)11-4-6-12(7-5-11)18-16-13(15-17-18)8-9-14-3/h4-7,10,14H,8-9H2,1-3H3. The highest BCUT2D eigenvalue weighted by atomic mass is 15.6. The van der Waals surface area contributed by atoms with Crippen molar-refractivity contribution in [2.24, 2.45) is 0 Å². The second-order valence-corrected chi connectivity index (χ2v) is 4.59. The normalized spacial score (nSPS) is 11.1. The second kappa shape index (κ2) is 5.73. The summed E-state index contributed by atoms with van der Waals surface area (Å²) in [4.78, 5) is 1.58. The molecule has 2 aromatic rings. The zero-order chi connectivity index (χ0) is 13.0. The molecule has 0 bridgehead atoms. The van der Waals surface area contributed by atoms with Crippen molar-refractivity contribution in [3.63, 3.8) is 0 Å². The molecule has 0 saturated carbocycles. The third kappa shape index (κ3) is 2.92. The molecule has 0 fully saturated rings. The van der Waals surface area contributed by atoms with Crippen molar-refractivity contribution >= 4 is 0 Å². The summed E-state index contributed by atoms with van der Waals surface area (Å²) in [5.41, 5.74) is 2.26. The fraction of sp³-hybridized carbons (Fsp3) is 0.462. The Morgan fingerprint density at radius 2 is 1.94 bits per heavy atom. The predicted octanol–water partition coefficient (Wildman–Crippen LogP) is 1.55. The van der Waals surface area contributed by atoms with Gasteiger partial charge in [0, 0.05) is 13.0 Å². The van der Waals surface area contributed by atoms with E-state index in [-0.39, 0.29) is 0 Å². The van der Waals surface area contributed by atoms with Gasteiger partial charge in [0.25, 0.3) is 0 Å². The summed E-state index contributed by atoms with van der Waals surface area (Å²) in [6, 6.07) is 8.27. The Kier molecular flexibility index (Phi) is 4.04. The maximum Gasteiger partial charge on any atom is 0.176 e. The van der Waals surface area contributed by atoms with Crippen LogP contribution in [0.3, 0.4) is 0 Å². The first-order valence-electron chi connectivity index (χ1n) is 6.24. The lowest BCUT2D eigenvalue weighted by Gasteiger charge is -2.05. The highest BCUT2D eigenvalue weighted by molar-refractivity contribution is 5.33. The van der Waals surface area contributed by atoms with Gasteiger partial charge in [0.05, 0.1) is 5.69 Å². The summed E-state index contributed by atoms with van der Waals surface area (Å²) in [5, 5.41) is 15.5. The first kappa shape index (κ1) is 12.7. The Labute approximate surface area is 107 Å². The molecule has 0 unspecified atom stereocenters. The molecule has 1 heterocycles. The highest BCUT2D eigenvalue weighted by Gasteiger charge is 2.05. The minimum absolute atomic E-state index is 0.536. The lowest BCUT2D eigenvalue weighted by molar-refractivity contribution is 0.712. The summed E-state index contributed by atoms with van der Waals surface area (Å²) in [5.74, 6) is 1.30. The smallest absolute Gasteiger partial charge is 0.176 e. The first-order chi connectivity index (χ1) is 8.70. The Morgan fingerprint density at radius 3 is 2.56 bits per heavy atom. The van der Waals surface area contributed by atoms with Gasteiger partial charge in [0.1, 0.15) is 0 Å². The molecule has 0 aliphatic rings. The van der Waals surface area contributed by atoms with Crippen LogP contribution in [0.2, 0.25) is 0 Å². The predicted molar refractivity (Wildman–Crippen MR) is 70.9 cm³/mol. The van der Waals surface area contributed by atoms with E-state index in [1.807, 2.05) is 19.2 Å². The molecule has 96 valence electrons. The van der Waals surface area contributed by atoms with E-state index in [2.05, 4.69) is 46.7 Å². The third-order valence-corrected chi connectivity index (χ3v) is 2.84. The molecule has 1 aromatic carbocycles. The van der Waals surface area contributed by atoms with Gasteiger partial charge in [-0.2, -0.15) is 0 Å². The number of tetrazole rings is 1. The van der Waals surface area contributed by atoms with E-state index in [0.29, 0.717) is 5.92 Å². The Balaban J connectivity index is 2.13. The quantitative estimate of drug-likeness (QED) is 0.868. The van der Waals surface area contributed by atoms with Gasteiger partial charge < -0.3 is 5.32 Å². The van der Waals surface area contributed by atoms with Crippen LogP contribution < -0.4 is 5.32 Å². The molecule has 0 aliphatic carbocycles. The van der Waals surface area contributed by atoms with E-state index < -0.39 is 0 Å². The number of aromatic nitrogens is 4. The molecule has 1 aromatic heterocycles. The molecule has 0 spiro atoms. The molecule has 2 rings (SSSR count). The average molecular weight is 245 g/mol. The van der Waals surface area contributed by atoms with Crippen molar-refractivity contribution < 1.29 is 0 Å². The van der Waals surface area contributed by atoms with Gasteiger partial charge in [-0.25, -0.2) is 0 Å². The van der Waals surface area contributed by atoms with Crippen LogP contribution in [0.5, 0.6) is 0 Å². The average Bonchev–Trinajstić information content (AvgIpc) is 2.85. The molecule has 0 amide bonds. The number of benzene rings is 1. The van der Waals surface area contributed by atoms with Crippen molar-refractivity contribution in [2.45, 2.75) is 26.2 Å². The van der Waals surface area contributed by atoms with Gasteiger partial charge in [-0.15, -0.1) is 15.0 Å². The number of hydrogen-bond acceptors (Lipinski definition) is 4. The van der Waals surface area contributed by atoms with Crippen LogP contribution in [-0.2, 0) is 6.42 Å². The van der Waals surface area contributed by atoms with Crippen molar-refractivity contribution in [2.75, 3.05) is 13.6 Å². The van der Waals surface area contributed by atoms with E-state index >= 15 is 0 Å². The lowest BCUT2D eigenvalue weighted by Crippen LogP contribution is -2.11. The van der Waals surface area contributed by atoms with E-state index in [1.165, 1.54) is 5.56 Å². The van der Waals surface area contributed by atoms with Crippen molar-refractivity contribution in [3.05, 3.63) is 35.7 Å². The van der Waals surface area contributed by atoms with E-state index in [0.717, 1.165) is 24.5 Å². The molecule has 5 nitrogen and oxygen atoms in total. The molecule has 5 heteroatoms. The molecule has 1 N–H and O–H groups in total. The SMILES string of the molecule is CNCCc1nnn(-c2ccc(C(C)C)cc2)n1. The number of hydrogen-bond donors (Lipinski definition) is 1. The van der Waals surface area contributed by atoms with E-state index in [9.17, 15) is 0 Å². The fourth-order valence-electron chi connectivity index (χ4n) is 1.68. The van der Waals surface area contributed by atoms with Gasteiger partial charge in [-0.3, -0.25) is 0 Å². The highest BCUT2D eigenvalue weighted by Crippen LogP contribution is 2.15. The third-order valence-electron chi connectivity index (χ3n) is 2.84. The van der Waals surface area contributed by atoms with Crippen LogP contribution in [0, 0.1) is 0 Å². The zero-order valence-corrected chi connectivity index (χ0v) is 11.1. The second-order valence-electron chi connectivity index (χ2n) is 4.59. The number of rotatable bonds is 5. The lowest BCUT2D eigenvalue weighted by atomic mass is 10.0. The van der Waals surface area contributed by atoms with Crippen LogP contribution in [-0.4, -0.2) is 33.8 Å². The summed E-state index contributed by atoms with van der Waals surface area (Å²) >= 11 is 0. The Morgan fingerprint density at radius 1 is 1.22 bits per heavy atom. The van der Waals surface area contributed by atoms with E-state index in [1.54, 1.807) is 4.80 Å². The fourth-order valence-corrected chi connectivity index (χ4v) is 1.68. The van der Waals surface area contributed by atoms with Crippen molar-refractivity contribution in [1.29, 1.82) is 0 Å². The number of nitrogens with zero attached hydrogens (tertiary/aromatic N) is 4. The minimum atomic E-state index is 0.536. The molecular weight excluding hydrogens is 226 g/mol. The summed E-state index contributed by atoms with van der Waals surface area (Å²) in [7, 11) is 1.91. The van der Waals surface area contributed by atoms with Gasteiger partial charge in [-0.05, 0) is 35.9 Å². The first-order valence-corrected chi connectivity index (χ1v) is 6.24. The van der Waals surface area contributed by atoms with Crippen LogP contribution in [0.15, 0.2) is 24.3 Å². The van der Waals surface area contributed by atoms with Gasteiger partial charge >= 0.3 is 0 Å². The number of likely N-dealkylation sites (N-methyl/N-ethyl adjacent to an activating group) is 1. The molecular formula is C13H19N5. The van der Waals surface area contributed by atoms with E-state index in [4.69, 9.17) is 0 Å². The maximum atomic E-state index is 4.35. The van der Waals surface area contributed by atoms with Gasteiger partial charge in [0.15, 0.2) is 5.82 Å². The molecule has 0 saturated heterocycles. The van der Waals surface area contributed by atoms with Gasteiger partial charge in [0.2, 0.25) is 0 Å². The summed E-state index contributed by atoms with van der Waals surface area (Å²) < 4.78 is 0. The molecule has 0 atom stereocenters. The largest absolute Gasteiger partial charge is 0.319 e. The maximum absolute atomic E-state index is 4.35. The topological polar surface area (TPSA) is 55.6 Å². The van der Waals surface area contributed by atoms with Crippen LogP contribution in [0.25, 0.3) is 5.69 Å². The monoisotopic (exact) mass is 245 g/mol. The summed E-state index contributed by atoms with van der Waals surface area (Å²) in [6.45, 7) is 5.22. The molecule has 0 radical (unpaired) electrons. The summed E-state index contributed by atoms with van der Waals surface area (Å²) in [6.07, 6.45) is 0.792. The molecule has 0 aliphatic heterocycles. The van der Waals surface area contributed by atoms with Crippen LogP contribution >= 0.6 is 0 Å². The zero-order valence-electron chi connectivity index (χ0n) is 11.1. The van der Waals surface area contributed by atoms with Crippen LogP contribution in [0.4, 0.5) is 0 Å². The molecule has 18 heavy (non-hydrogen) atoms. The Hall–Kier alpha value is -1.75. The Bertz CT molecular complexity index is 486. The van der Waals surface area contributed by atoms with Crippen molar-refractivity contribution in [1.82, 2.24) is 25.5 Å².